The number of hydrogen-bond donors (Lipinski definition) is 0. The van der Waals surface area contributed by atoms with Crippen molar-refractivity contribution in [3.63, 3.8) is 0 Å². The molecule has 156 valence electrons. The van der Waals surface area contributed by atoms with Crippen LogP contribution in [0.15, 0.2) is 30.3 Å². The Morgan fingerprint density at radius 2 is 1.29 bits per heavy atom. The van der Waals surface area contributed by atoms with E-state index in [0.717, 1.165) is 5.56 Å². The molecule has 0 saturated carbocycles. The molecule has 0 atom stereocenters. The molecule has 0 aliphatic rings. The minimum atomic E-state index is -1.05. The second-order valence-electron chi connectivity index (χ2n) is 8.35. The van der Waals surface area contributed by atoms with Gasteiger partial charge in [-0.2, -0.15) is 0 Å². The van der Waals surface area contributed by atoms with Crippen LogP contribution in [-0.2, 0) is 35.1 Å². The summed E-state index contributed by atoms with van der Waals surface area (Å²) in [5.41, 5.74) is -0.599. The van der Waals surface area contributed by atoms with Gasteiger partial charge in [0.15, 0.2) is 0 Å². The summed E-state index contributed by atoms with van der Waals surface area (Å²) in [6, 6.07) is 9.08. The first-order valence-corrected chi connectivity index (χ1v) is 9.15. The van der Waals surface area contributed by atoms with Crippen LogP contribution in [0.1, 0.15) is 59.9 Å². The molecule has 0 radical (unpaired) electrons. The molecule has 1 aromatic rings. The smallest absolute Gasteiger partial charge is 0.460 e. The van der Waals surface area contributed by atoms with Crippen LogP contribution in [0.3, 0.4) is 0 Å². The van der Waals surface area contributed by atoms with E-state index < -0.39 is 35.4 Å². The van der Waals surface area contributed by atoms with E-state index in [9.17, 15) is 14.4 Å². The van der Waals surface area contributed by atoms with Crippen molar-refractivity contribution in [3.05, 3.63) is 35.9 Å². The highest BCUT2D eigenvalue weighted by atomic mass is 16.7. The fraction of sp³-hybridized carbons (Fsp3) is 0.571. The summed E-state index contributed by atoms with van der Waals surface area (Å²) in [7, 11) is 0. The van der Waals surface area contributed by atoms with Gasteiger partial charge in [0.05, 0.1) is 12.8 Å². The Kier molecular flexibility index (Phi) is 8.47. The van der Waals surface area contributed by atoms with Crippen LogP contribution in [0.5, 0.6) is 0 Å². The Labute approximate surface area is 166 Å². The van der Waals surface area contributed by atoms with Crippen molar-refractivity contribution >= 4 is 18.1 Å². The van der Waals surface area contributed by atoms with Crippen molar-refractivity contribution in [1.82, 2.24) is 0 Å². The van der Waals surface area contributed by atoms with Crippen molar-refractivity contribution < 1.29 is 33.3 Å². The monoisotopic (exact) mass is 394 g/mol. The van der Waals surface area contributed by atoms with Gasteiger partial charge in [-0.05, 0) is 47.1 Å². The molecular formula is C21H30O7. The number of esters is 2. The predicted octanol–water partition coefficient (Wildman–Crippen LogP) is 4.17. The number of carbonyl (C=O) groups excluding carboxylic acids is 3. The highest BCUT2D eigenvalue weighted by molar-refractivity contribution is 5.75. The van der Waals surface area contributed by atoms with Gasteiger partial charge in [-0.25, -0.2) is 4.79 Å². The molecule has 28 heavy (non-hydrogen) atoms. The molecule has 0 aliphatic carbocycles. The third kappa shape index (κ3) is 11.2. The average Bonchev–Trinajstić information content (AvgIpc) is 2.50. The van der Waals surface area contributed by atoms with Crippen molar-refractivity contribution in [2.45, 2.75) is 78.3 Å². The lowest BCUT2D eigenvalue weighted by molar-refractivity contribution is -0.161. The van der Waals surface area contributed by atoms with E-state index in [1.54, 1.807) is 53.7 Å². The third-order valence-electron chi connectivity index (χ3n) is 3.09. The molecule has 0 spiro atoms. The van der Waals surface area contributed by atoms with Gasteiger partial charge in [-0.15, -0.1) is 0 Å². The summed E-state index contributed by atoms with van der Waals surface area (Å²) in [6.45, 7) is 10.4. The summed E-state index contributed by atoms with van der Waals surface area (Å²) in [5, 5.41) is 0. The molecule has 1 rings (SSSR count). The first kappa shape index (κ1) is 23.5. The second-order valence-corrected chi connectivity index (χ2v) is 8.35. The van der Waals surface area contributed by atoms with Crippen LogP contribution >= 0.6 is 0 Å². The summed E-state index contributed by atoms with van der Waals surface area (Å²) in [5.74, 6) is -1.17. The number of benzene rings is 1. The second kappa shape index (κ2) is 10.1. The lowest BCUT2D eigenvalue weighted by atomic mass is 10.1. The zero-order chi connectivity index (χ0) is 21.4. The van der Waals surface area contributed by atoms with Gasteiger partial charge in [0, 0.05) is 0 Å². The highest BCUT2D eigenvalue weighted by Crippen LogP contribution is 2.16. The molecule has 1 aromatic carbocycles. The SMILES string of the molecule is CC(C)(C)OC(=O)CC(CC(=O)OC(C)(C)C)OC(=O)OCc1ccccc1. The van der Waals surface area contributed by atoms with E-state index >= 15 is 0 Å². The average molecular weight is 394 g/mol. The number of rotatable bonds is 7. The van der Waals surface area contributed by atoms with Gasteiger partial charge < -0.3 is 18.9 Å². The molecule has 0 unspecified atom stereocenters. The standard InChI is InChI=1S/C21H30O7/c1-20(2,3)27-17(22)12-16(13-18(23)28-21(4,5)6)26-19(24)25-14-15-10-8-7-9-11-15/h7-11,16H,12-14H2,1-6H3. The van der Waals surface area contributed by atoms with E-state index in [0.29, 0.717) is 0 Å². The first-order chi connectivity index (χ1) is 12.8. The Morgan fingerprint density at radius 3 is 1.71 bits per heavy atom. The van der Waals surface area contributed by atoms with Crippen molar-refractivity contribution in [1.29, 1.82) is 0 Å². The normalized spacial score (nSPS) is 11.7. The van der Waals surface area contributed by atoms with Gasteiger partial charge >= 0.3 is 18.1 Å². The number of ether oxygens (including phenoxy) is 4. The van der Waals surface area contributed by atoms with E-state index in [4.69, 9.17) is 18.9 Å². The largest absolute Gasteiger partial charge is 0.508 e. The summed E-state index contributed by atoms with van der Waals surface area (Å²) < 4.78 is 20.7. The zero-order valence-corrected chi connectivity index (χ0v) is 17.4. The van der Waals surface area contributed by atoms with Gasteiger partial charge in [-0.1, -0.05) is 30.3 Å². The minimum absolute atomic E-state index is 0.0191. The van der Waals surface area contributed by atoms with Crippen LogP contribution in [0.25, 0.3) is 0 Å². The Bertz CT molecular complexity index is 624. The molecule has 0 bridgehead atoms. The van der Waals surface area contributed by atoms with Crippen LogP contribution in [-0.4, -0.2) is 35.4 Å². The van der Waals surface area contributed by atoms with Crippen molar-refractivity contribution in [2.24, 2.45) is 0 Å². The van der Waals surface area contributed by atoms with Crippen LogP contribution in [0.4, 0.5) is 4.79 Å². The van der Waals surface area contributed by atoms with Crippen molar-refractivity contribution in [2.75, 3.05) is 0 Å². The Hall–Kier alpha value is -2.57. The van der Waals surface area contributed by atoms with E-state index in [1.807, 2.05) is 18.2 Å². The topological polar surface area (TPSA) is 88.1 Å². The van der Waals surface area contributed by atoms with E-state index in [-0.39, 0.29) is 19.4 Å². The maximum atomic E-state index is 12.1. The van der Waals surface area contributed by atoms with Gasteiger partial charge in [-0.3, -0.25) is 9.59 Å². The van der Waals surface area contributed by atoms with Gasteiger partial charge in [0.1, 0.15) is 23.9 Å². The van der Waals surface area contributed by atoms with Crippen molar-refractivity contribution in [3.8, 4) is 0 Å². The summed E-state index contributed by atoms with van der Waals surface area (Å²) in [4.78, 5) is 36.2. The molecule has 0 aromatic heterocycles. The molecule has 0 N–H and O–H groups in total. The molecule has 7 nitrogen and oxygen atoms in total. The molecule has 0 amide bonds. The van der Waals surface area contributed by atoms with Gasteiger partial charge in [0.25, 0.3) is 0 Å². The Balaban J connectivity index is 2.68. The molecule has 7 heteroatoms. The molecule has 0 aliphatic heterocycles. The summed E-state index contributed by atoms with van der Waals surface area (Å²) in [6.07, 6.45) is -2.58. The lowest BCUT2D eigenvalue weighted by Gasteiger charge is -2.23. The van der Waals surface area contributed by atoms with E-state index in [2.05, 4.69) is 0 Å². The number of carbonyl (C=O) groups is 3. The maximum absolute atomic E-state index is 12.1. The summed E-state index contributed by atoms with van der Waals surface area (Å²) >= 11 is 0. The third-order valence-corrected chi connectivity index (χ3v) is 3.09. The fourth-order valence-corrected chi connectivity index (χ4v) is 2.18. The maximum Gasteiger partial charge on any atom is 0.508 e. The molecule has 0 saturated heterocycles. The molecule has 0 fully saturated rings. The van der Waals surface area contributed by atoms with E-state index in [1.165, 1.54) is 0 Å². The first-order valence-electron chi connectivity index (χ1n) is 9.15. The van der Waals surface area contributed by atoms with Crippen LogP contribution in [0, 0.1) is 0 Å². The highest BCUT2D eigenvalue weighted by Gasteiger charge is 2.28. The van der Waals surface area contributed by atoms with Crippen LogP contribution < -0.4 is 0 Å². The van der Waals surface area contributed by atoms with Crippen LogP contribution in [0.2, 0.25) is 0 Å². The molecular weight excluding hydrogens is 364 g/mol. The zero-order valence-electron chi connectivity index (χ0n) is 17.4. The minimum Gasteiger partial charge on any atom is -0.460 e. The quantitative estimate of drug-likeness (QED) is 0.506. The number of hydrogen-bond acceptors (Lipinski definition) is 7. The molecule has 0 heterocycles. The fourth-order valence-electron chi connectivity index (χ4n) is 2.18. The van der Waals surface area contributed by atoms with Gasteiger partial charge in [0.2, 0.25) is 0 Å². The Morgan fingerprint density at radius 1 is 0.821 bits per heavy atom. The predicted molar refractivity (Wildman–Crippen MR) is 102 cm³/mol. The lowest BCUT2D eigenvalue weighted by Crippen LogP contribution is -2.32.